The van der Waals surface area contributed by atoms with Crippen molar-refractivity contribution in [1.82, 2.24) is 0 Å². The number of aliphatic hydroxyl groups excluding tert-OH is 1. The molecule has 14 heavy (non-hydrogen) atoms. The lowest BCUT2D eigenvalue weighted by Crippen LogP contribution is -1.97. The molecule has 0 saturated carbocycles. The zero-order valence-corrected chi connectivity index (χ0v) is 10.9. The van der Waals surface area contributed by atoms with E-state index in [4.69, 9.17) is 4.42 Å². The predicted molar refractivity (Wildman–Crippen MR) is 62.5 cm³/mol. The van der Waals surface area contributed by atoms with Crippen molar-refractivity contribution in [2.45, 2.75) is 6.10 Å². The summed E-state index contributed by atoms with van der Waals surface area (Å²) in [6.45, 7) is 0. The Morgan fingerprint density at radius 2 is 2.07 bits per heavy atom. The Labute approximate surface area is 102 Å². The van der Waals surface area contributed by atoms with E-state index in [1.54, 1.807) is 23.7 Å². The van der Waals surface area contributed by atoms with Gasteiger partial charge in [0, 0.05) is 21.0 Å². The van der Waals surface area contributed by atoms with E-state index < -0.39 is 6.10 Å². The molecule has 1 N–H and O–H groups in total. The molecule has 1 atom stereocenters. The summed E-state index contributed by atoms with van der Waals surface area (Å²) in [7, 11) is 0. The number of rotatable bonds is 2. The number of thiophene rings is 1. The second-order valence-corrected chi connectivity index (χ2v) is 5.05. The summed E-state index contributed by atoms with van der Waals surface area (Å²) in [6.07, 6.45) is 0.895. The SMILES string of the molecule is OC(c1cscc1Br)c1ccoc1Br. The molecule has 0 amide bonds. The van der Waals surface area contributed by atoms with Crippen molar-refractivity contribution in [3.8, 4) is 0 Å². The first-order chi connectivity index (χ1) is 6.70. The first-order valence-corrected chi connectivity index (χ1v) is 6.35. The van der Waals surface area contributed by atoms with Gasteiger partial charge in [-0.2, -0.15) is 11.3 Å². The molecule has 74 valence electrons. The van der Waals surface area contributed by atoms with E-state index >= 15 is 0 Å². The fraction of sp³-hybridized carbons (Fsp3) is 0.111. The lowest BCUT2D eigenvalue weighted by Gasteiger charge is -2.07. The highest BCUT2D eigenvalue weighted by Gasteiger charge is 2.18. The molecule has 0 saturated heterocycles. The van der Waals surface area contributed by atoms with Crippen molar-refractivity contribution in [3.05, 3.63) is 43.4 Å². The normalized spacial score (nSPS) is 13.1. The summed E-state index contributed by atoms with van der Waals surface area (Å²) >= 11 is 8.16. The van der Waals surface area contributed by atoms with Crippen molar-refractivity contribution in [3.63, 3.8) is 0 Å². The van der Waals surface area contributed by atoms with Crippen LogP contribution in [0.1, 0.15) is 17.2 Å². The van der Waals surface area contributed by atoms with Gasteiger partial charge in [0.05, 0.1) is 6.26 Å². The molecule has 2 aromatic rings. The van der Waals surface area contributed by atoms with Crippen LogP contribution >= 0.6 is 43.2 Å². The zero-order valence-electron chi connectivity index (χ0n) is 6.91. The van der Waals surface area contributed by atoms with Crippen molar-refractivity contribution < 1.29 is 9.52 Å². The lowest BCUT2D eigenvalue weighted by atomic mass is 10.1. The van der Waals surface area contributed by atoms with Crippen molar-refractivity contribution in [2.24, 2.45) is 0 Å². The van der Waals surface area contributed by atoms with E-state index in [1.165, 1.54) is 0 Å². The molecule has 2 aromatic heterocycles. The van der Waals surface area contributed by atoms with Crippen LogP contribution in [0.25, 0.3) is 0 Å². The fourth-order valence-corrected chi connectivity index (χ4v) is 3.14. The van der Waals surface area contributed by atoms with E-state index in [2.05, 4.69) is 31.9 Å². The van der Waals surface area contributed by atoms with Crippen LogP contribution in [-0.4, -0.2) is 5.11 Å². The minimum Gasteiger partial charge on any atom is -0.457 e. The Hall–Kier alpha value is -0.100. The van der Waals surface area contributed by atoms with Gasteiger partial charge in [0.25, 0.3) is 0 Å². The fourth-order valence-electron chi connectivity index (χ4n) is 1.15. The van der Waals surface area contributed by atoms with Gasteiger partial charge in [-0.1, -0.05) is 0 Å². The summed E-state index contributed by atoms with van der Waals surface area (Å²) in [5, 5.41) is 13.9. The molecule has 0 bridgehead atoms. The molecular formula is C9H6Br2O2S. The van der Waals surface area contributed by atoms with Gasteiger partial charge < -0.3 is 9.52 Å². The average molecular weight is 338 g/mol. The van der Waals surface area contributed by atoms with Gasteiger partial charge in [-0.05, 0) is 43.3 Å². The predicted octanol–water partition coefficient (Wildman–Crippen LogP) is 3.95. The quantitative estimate of drug-likeness (QED) is 0.900. The second-order valence-electron chi connectivity index (χ2n) is 2.73. The number of hydrogen-bond donors (Lipinski definition) is 1. The van der Waals surface area contributed by atoms with Crippen molar-refractivity contribution in [2.75, 3.05) is 0 Å². The van der Waals surface area contributed by atoms with Crippen molar-refractivity contribution in [1.29, 1.82) is 0 Å². The van der Waals surface area contributed by atoms with Crippen LogP contribution in [-0.2, 0) is 0 Å². The standard InChI is InChI=1S/C9H6Br2O2S/c10-7-4-14-3-6(7)8(12)5-1-2-13-9(5)11/h1-4,8,12H. The highest BCUT2D eigenvalue weighted by Crippen LogP contribution is 2.34. The first-order valence-electron chi connectivity index (χ1n) is 3.82. The molecule has 0 aliphatic heterocycles. The van der Waals surface area contributed by atoms with E-state index in [0.717, 1.165) is 15.6 Å². The zero-order chi connectivity index (χ0) is 10.1. The minimum atomic E-state index is -0.649. The number of hydrogen-bond acceptors (Lipinski definition) is 3. The Bertz CT molecular complexity index is 395. The molecule has 0 aromatic carbocycles. The third-order valence-corrected chi connectivity index (χ3v) is 4.27. The molecule has 2 nitrogen and oxygen atoms in total. The first kappa shape index (κ1) is 10.4. The van der Waals surface area contributed by atoms with Crippen LogP contribution < -0.4 is 0 Å². The van der Waals surface area contributed by atoms with E-state index in [0.29, 0.717) is 4.67 Å². The lowest BCUT2D eigenvalue weighted by molar-refractivity contribution is 0.217. The summed E-state index contributed by atoms with van der Waals surface area (Å²) in [4.78, 5) is 0. The van der Waals surface area contributed by atoms with Crippen LogP contribution in [0, 0.1) is 0 Å². The summed E-state index contributed by atoms with van der Waals surface area (Å²) in [5.74, 6) is 0. The molecule has 0 fully saturated rings. The smallest absolute Gasteiger partial charge is 0.175 e. The molecule has 2 rings (SSSR count). The Kier molecular flexibility index (Phi) is 3.11. The van der Waals surface area contributed by atoms with E-state index in [1.807, 2.05) is 10.8 Å². The van der Waals surface area contributed by atoms with Gasteiger partial charge in [-0.3, -0.25) is 0 Å². The van der Waals surface area contributed by atoms with Gasteiger partial charge in [-0.25, -0.2) is 0 Å². The van der Waals surface area contributed by atoms with Gasteiger partial charge in [-0.15, -0.1) is 0 Å². The summed E-state index contributed by atoms with van der Waals surface area (Å²) in [5.41, 5.74) is 1.60. The molecule has 0 radical (unpaired) electrons. The third-order valence-electron chi connectivity index (χ3n) is 1.88. The molecule has 0 aliphatic carbocycles. The highest BCUT2D eigenvalue weighted by molar-refractivity contribution is 9.10. The number of aliphatic hydroxyl groups is 1. The Balaban J connectivity index is 2.38. The number of furan rings is 1. The van der Waals surface area contributed by atoms with Crippen molar-refractivity contribution >= 4 is 43.2 Å². The van der Waals surface area contributed by atoms with Crippen LogP contribution in [0.5, 0.6) is 0 Å². The van der Waals surface area contributed by atoms with Crippen LogP contribution in [0.3, 0.4) is 0 Å². The topological polar surface area (TPSA) is 33.4 Å². The minimum absolute atomic E-state index is 0.572. The Morgan fingerprint density at radius 1 is 1.29 bits per heavy atom. The maximum atomic E-state index is 10.0. The molecule has 1 unspecified atom stereocenters. The molecule has 0 spiro atoms. The summed E-state index contributed by atoms with van der Waals surface area (Å²) in [6, 6.07) is 1.75. The van der Waals surface area contributed by atoms with Crippen LogP contribution in [0.4, 0.5) is 0 Å². The van der Waals surface area contributed by atoms with Crippen LogP contribution in [0.15, 0.2) is 36.6 Å². The highest BCUT2D eigenvalue weighted by atomic mass is 79.9. The molecule has 2 heterocycles. The van der Waals surface area contributed by atoms with Gasteiger partial charge in [0.2, 0.25) is 0 Å². The molecular weight excluding hydrogens is 332 g/mol. The van der Waals surface area contributed by atoms with Crippen LogP contribution in [0.2, 0.25) is 0 Å². The Morgan fingerprint density at radius 3 is 2.57 bits per heavy atom. The third kappa shape index (κ3) is 1.82. The maximum absolute atomic E-state index is 10.0. The largest absolute Gasteiger partial charge is 0.457 e. The van der Waals surface area contributed by atoms with Gasteiger partial charge in [0.15, 0.2) is 4.67 Å². The molecule has 5 heteroatoms. The van der Waals surface area contributed by atoms with E-state index in [9.17, 15) is 5.11 Å². The summed E-state index contributed by atoms with van der Waals surface area (Å²) < 4.78 is 6.56. The maximum Gasteiger partial charge on any atom is 0.175 e. The van der Waals surface area contributed by atoms with Gasteiger partial charge in [0.1, 0.15) is 6.10 Å². The van der Waals surface area contributed by atoms with E-state index in [-0.39, 0.29) is 0 Å². The monoisotopic (exact) mass is 336 g/mol. The number of halogens is 2. The molecule has 0 aliphatic rings. The second kappa shape index (κ2) is 4.18. The average Bonchev–Trinajstić information content (AvgIpc) is 2.73. The van der Waals surface area contributed by atoms with Gasteiger partial charge >= 0.3 is 0 Å².